The van der Waals surface area contributed by atoms with Gasteiger partial charge in [0.15, 0.2) is 0 Å². The molecule has 0 spiro atoms. The molecule has 4 rings (SSSR count). The molecule has 0 saturated carbocycles. The van der Waals surface area contributed by atoms with Crippen molar-refractivity contribution in [2.45, 2.75) is 26.2 Å². The molecule has 0 amide bonds. The number of nitrogens with zero attached hydrogens (tertiary/aromatic N) is 2. The second-order valence-corrected chi connectivity index (χ2v) is 6.51. The molecule has 0 N–H and O–H groups in total. The number of aromatic nitrogens is 1. The molecule has 0 radical (unpaired) electrons. The maximum absolute atomic E-state index is 13.2. The first kappa shape index (κ1) is 15.0. The highest BCUT2D eigenvalue weighted by Crippen LogP contribution is 2.31. The van der Waals surface area contributed by atoms with Crippen LogP contribution in [-0.2, 0) is 0 Å². The molecule has 0 unspecified atom stereocenters. The standard InChI is InChI=1S/C21H22N2O/c1-16-20(22-14-8-3-9-15-22)18-12-6-7-13-19(18)23(21(16)24)17-10-4-2-5-11-17/h2,4-7,10-13H,3,8-9,14-15H2,1H3. The van der Waals surface area contributed by atoms with Crippen LogP contribution in [0.1, 0.15) is 24.8 Å². The van der Waals surface area contributed by atoms with Gasteiger partial charge in [-0.1, -0.05) is 36.4 Å². The monoisotopic (exact) mass is 318 g/mol. The van der Waals surface area contributed by atoms with Crippen molar-refractivity contribution in [1.29, 1.82) is 0 Å². The average Bonchev–Trinajstić information content (AvgIpc) is 2.64. The molecule has 1 aromatic heterocycles. The van der Waals surface area contributed by atoms with Gasteiger partial charge in [-0.05, 0) is 44.4 Å². The quantitative estimate of drug-likeness (QED) is 0.704. The smallest absolute Gasteiger partial charge is 0.260 e. The zero-order valence-corrected chi connectivity index (χ0v) is 14.0. The summed E-state index contributed by atoms with van der Waals surface area (Å²) in [5, 5.41) is 1.17. The SMILES string of the molecule is Cc1c(N2CCCCC2)c2ccccc2n(-c2ccccc2)c1=O. The molecule has 3 aromatic rings. The number of rotatable bonds is 2. The van der Waals surface area contributed by atoms with E-state index in [1.807, 2.05) is 47.9 Å². The number of hydrogen-bond donors (Lipinski definition) is 0. The maximum atomic E-state index is 13.2. The topological polar surface area (TPSA) is 25.2 Å². The molecule has 1 aliphatic heterocycles. The summed E-state index contributed by atoms with van der Waals surface area (Å²) in [6, 6.07) is 18.2. The van der Waals surface area contributed by atoms with Crippen molar-refractivity contribution in [3.05, 3.63) is 70.5 Å². The maximum Gasteiger partial charge on any atom is 0.260 e. The number of pyridine rings is 1. The first-order valence-electron chi connectivity index (χ1n) is 8.72. The number of fused-ring (bicyclic) bond motifs is 1. The molecule has 1 saturated heterocycles. The highest BCUT2D eigenvalue weighted by atomic mass is 16.1. The second-order valence-electron chi connectivity index (χ2n) is 6.51. The van der Waals surface area contributed by atoms with Gasteiger partial charge in [-0.25, -0.2) is 0 Å². The Bertz CT molecular complexity index is 922. The summed E-state index contributed by atoms with van der Waals surface area (Å²) in [6.45, 7) is 4.05. The Balaban J connectivity index is 2.04. The van der Waals surface area contributed by atoms with E-state index in [-0.39, 0.29) is 5.56 Å². The Kier molecular flexibility index (Phi) is 3.85. The van der Waals surface area contributed by atoms with E-state index in [9.17, 15) is 4.79 Å². The highest BCUT2D eigenvalue weighted by Gasteiger charge is 2.20. The van der Waals surface area contributed by atoms with Gasteiger partial charge in [-0.3, -0.25) is 9.36 Å². The molecule has 3 heteroatoms. The summed E-state index contributed by atoms with van der Waals surface area (Å²) >= 11 is 0. The van der Waals surface area contributed by atoms with Crippen LogP contribution in [0.5, 0.6) is 0 Å². The summed E-state index contributed by atoms with van der Waals surface area (Å²) in [5.41, 5.74) is 3.97. The molecule has 2 heterocycles. The Morgan fingerprint density at radius 3 is 2.25 bits per heavy atom. The molecule has 0 atom stereocenters. The second kappa shape index (κ2) is 6.16. The van der Waals surface area contributed by atoms with E-state index >= 15 is 0 Å². The zero-order chi connectivity index (χ0) is 16.5. The lowest BCUT2D eigenvalue weighted by Gasteiger charge is -2.31. The number of hydrogen-bond acceptors (Lipinski definition) is 2. The third-order valence-electron chi connectivity index (χ3n) is 4.97. The van der Waals surface area contributed by atoms with Gasteiger partial charge in [-0.2, -0.15) is 0 Å². The van der Waals surface area contributed by atoms with Crippen molar-refractivity contribution in [2.24, 2.45) is 0 Å². The third kappa shape index (κ3) is 2.41. The van der Waals surface area contributed by atoms with Gasteiger partial charge in [0.2, 0.25) is 0 Å². The normalized spacial score (nSPS) is 15.0. The predicted octanol–water partition coefficient (Wildman–Crippen LogP) is 4.29. The minimum absolute atomic E-state index is 0.0838. The Morgan fingerprint density at radius 1 is 0.833 bits per heavy atom. The van der Waals surface area contributed by atoms with Crippen molar-refractivity contribution < 1.29 is 0 Å². The van der Waals surface area contributed by atoms with E-state index in [0.717, 1.165) is 35.5 Å². The van der Waals surface area contributed by atoms with Crippen LogP contribution >= 0.6 is 0 Å². The van der Waals surface area contributed by atoms with E-state index in [1.54, 1.807) is 0 Å². The Labute approximate surface area is 142 Å². The van der Waals surface area contributed by atoms with Crippen LogP contribution in [0, 0.1) is 6.92 Å². The lowest BCUT2D eigenvalue weighted by Crippen LogP contribution is -2.33. The largest absolute Gasteiger partial charge is 0.371 e. The fraction of sp³-hybridized carbons (Fsp3) is 0.286. The van der Waals surface area contributed by atoms with E-state index < -0.39 is 0 Å². The molecule has 3 nitrogen and oxygen atoms in total. The van der Waals surface area contributed by atoms with Crippen LogP contribution in [0.3, 0.4) is 0 Å². The molecule has 0 bridgehead atoms. The minimum Gasteiger partial charge on any atom is -0.371 e. The summed E-state index contributed by atoms with van der Waals surface area (Å²) in [6.07, 6.45) is 3.69. The molecule has 0 aliphatic carbocycles. The fourth-order valence-corrected chi connectivity index (χ4v) is 3.81. The van der Waals surface area contributed by atoms with Gasteiger partial charge >= 0.3 is 0 Å². The summed E-state index contributed by atoms with van der Waals surface area (Å²) < 4.78 is 1.85. The van der Waals surface area contributed by atoms with Crippen molar-refractivity contribution >= 4 is 16.6 Å². The van der Waals surface area contributed by atoms with Gasteiger partial charge in [0.1, 0.15) is 0 Å². The third-order valence-corrected chi connectivity index (χ3v) is 4.97. The van der Waals surface area contributed by atoms with Gasteiger partial charge in [0.05, 0.1) is 11.2 Å². The van der Waals surface area contributed by atoms with Gasteiger partial charge < -0.3 is 4.90 Å². The number of piperidine rings is 1. The van der Waals surface area contributed by atoms with E-state index in [1.165, 1.54) is 24.6 Å². The summed E-state index contributed by atoms with van der Waals surface area (Å²) in [5.74, 6) is 0. The van der Waals surface area contributed by atoms with Crippen molar-refractivity contribution in [3.8, 4) is 5.69 Å². The van der Waals surface area contributed by atoms with Gasteiger partial charge in [0, 0.05) is 29.7 Å². The van der Waals surface area contributed by atoms with Crippen molar-refractivity contribution in [3.63, 3.8) is 0 Å². The zero-order valence-electron chi connectivity index (χ0n) is 14.0. The van der Waals surface area contributed by atoms with Gasteiger partial charge in [-0.15, -0.1) is 0 Å². The molecule has 1 aliphatic rings. The van der Waals surface area contributed by atoms with E-state index in [4.69, 9.17) is 0 Å². The molecule has 24 heavy (non-hydrogen) atoms. The lowest BCUT2D eigenvalue weighted by atomic mass is 10.0. The first-order valence-corrected chi connectivity index (χ1v) is 8.72. The molecule has 2 aromatic carbocycles. The van der Waals surface area contributed by atoms with E-state index in [2.05, 4.69) is 23.1 Å². The van der Waals surface area contributed by atoms with Gasteiger partial charge in [0.25, 0.3) is 5.56 Å². The number of benzene rings is 2. The molecular weight excluding hydrogens is 296 g/mol. The number of para-hydroxylation sites is 2. The van der Waals surface area contributed by atoms with E-state index in [0.29, 0.717) is 0 Å². The van der Waals surface area contributed by atoms with Crippen LogP contribution < -0.4 is 10.5 Å². The van der Waals surface area contributed by atoms with Crippen LogP contribution in [0.15, 0.2) is 59.4 Å². The Morgan fingerprint density at radius 2 is 1.50 bits per heavy atom. The highest BCUT2D eigenvalue weighted by molar-refractivity contribution is 5.94. The van der Waals surface area contributed by atoms with Crippen molar-refractivity contribution in [1.82, 2.24) is 4.57 Å². The number of anilines is 1. The molecule has 1 fully saturated rings. The predicted molar refractivity (Wildman–Crippen MR) is 100 cm³/mol. The first-order chi connectivity index (χ1) is 11.8. The Hall–Kier alpha value is -2.55. The lowest BCUT2D eigenvalue weighted by molar-refractivity contribution is 0.577. The fourth-order valence-electron chi connectivity index (χ4n) is 3.81. The van der Waals surface area contributed by atoms with Crippen LogP contribution in [0.25, 0.3) is 16.6 Å². The van der Waals surface area contributed by atoms with Crippen LogP contribution in [0.2, 0.25) is 0 Å². The minimum atomic E-state index is 0.0838. The molecular formula is C21H22N2O. The average molecular weight is 318 g/mol. The van der Waals surface area contributed by atoms with Crippen LogP contribution in [0.4, 0.5) is 5.69 Å². The summed E-state index contributed by atoms with van der Waals surface area (Å²) in [7, 11) is 0. The summed E-state index contributed by atoms with van der Waals surface area (Å²) in [4.78, 5) is 15.6. The van der Waals surface area contributed by atoms with Crippen molar-refractivity contribution in [2.75, 3.05) is 18.0 Å². The van der Waals surface area contributed by atoms with Crippen LogP contribution in [-0.4, -0.2) is 17.7 Å². The molecule has 122 valence electrons.